The Kier molecular flexibility index (Phi) is 3.87. The second kappa shape index (κ2) is 5.21. The minimum atomic E-state index is 0.518. The van der Waals surface area contributed by atoms with Gasteiger partial charge in [-0.15, -0.1) is 0 Å². The first-order valence-corrected chi connectivity index (χ1v) is 6.95. The quantitative estimate of drug-likeness (QED) is 0.869. The zero-order chi connectivity index (χ0) is 12.4. The van der Waals surface area contributed by atoms with E-state index >= 15 is 0 Å². The molecule has 2 rings (SSSR count). The third-order valence-electron chi connectivity index (χ3n) is 3.66. The molecule has 1 aromatic heterocycles. The van der Waals surface area contributed by atoms with E-state index in [0.29, 0.717) is 12.0 Å². The smallest absolute Gasteiger partial charge is 0.112 e. The van der Waals surface area contributed by atoms with E-state index in [1.165, 1.54) is 36.5 Å². The molecule has 0 saturated carbocycles. The maximum absolute atomic E-state index is 4.88. The van der Waals surface area contributed by atoms with Gasteiger partial charge in [0.1, 0.15) is 5.82 Å². The molecule has 2 heterocycles. The van der Waals surface area contributed by atoms with E-state index < -0.39 is 0 Å². The van der Waals surface area contributed by atoms with Gasteiger partial charge in [0.25, 0.3) is 0 Å². The maximum atomic E-state index is 4.88. The van der Waals surface area contributed by atoms with Crippen molar-refractivity contribution in [1.29, 1.82) is 0 Å². The molecule has 0 bridgehead atoms. The van der Waals surface area contributed by atoms with Crippen molar-refractivity contribution >= 4 is 0 Å². The summed E-state index contributed by atoms with van der Waals surface area (Å²) >= 11 is 0. The van der Waals surface area contributed by atoms with Crippen LogP contribution in [-0.2, 0) is 13.0 Å². The summed E-state index contributed by atoms with van der Waals surface area (Å²) in [7, 11) is 0. The highest BCUT2D eigenvalue weighted by Gasteiger charge is 2.24. The van der Waals surface area contributed by atoms with Crippen molar-refractivity contribution in [3.05, 3.63) is 17.2 Å². The molecule has 0 radical (unpaired) electrons. The third kappa shape index (κ3) is 2.39. The molecule has 1 unspecified atom stereocenters. The predicted octanol–water partition coefficient (Wildman–Crippen LogP) is 3.01. The molecular formula is C14H25N3. The van der Waals surface area contributed by atoms with Gasteiger partial charge in [0.15, 0.2) is 0 Å². The van der Waals surface area contributed by atoms with E-state index in [0.717, 1.165) is 13.1 Å². The molecule has 17 heavy (non-hydrogen) atoms. The van der Waals surface area contributed by atoms with Gasteiger partial charge >= 0.3 is 0 Å². The van der Waals surface area contributed by atoms with E-state index in [9.17, 15) is 0 Å². The maximum Gasteiger partial charge on any atom is 0.112 e. The van der Waals surface area contributed by atoms with Gasteiger partial charge in [-0.1, -0.05) is 20.8 Å². The minimum absolute atomic E-state index is 0.518. The fourth-order valence-electron chi connectivity index (χ4n) is 2.78. The number of imidazole rings is 1. The lowest BCUT2D eigenvalue weighted by Gasteiger charge is -2.25. The van der Waals surface area contributed by atoms with Crippen LogP contribution >= 0.6 is 0 Å². The Morgan fingerprint density at radius 1 is 1.47 bits per heavy atom. The molecule has 0 spiro atoms. The average Bonchev–Trinajstić information content (AvgIpc) is 2.67. The van der Waals surface area contributed by atoms with Gasteiger partial charge in [0.2, 0.25) is 0 Å². The van der Waals surface area contributed by atoms with Gasteiger partial charge in [-0.3, -0.25) is 0 Å². The zero-order valence-electron chi connectivity index (χ0n) is 11.6. The van der Waals surface area contributed by atoms with Crippen molar-refractivity contribution in [2.24, 2.45) is 0 Å². The number of aromatic nitrogens is 2. The fourth-order valence-corrected chi connectivity index (χ4v) is 2.78. The molecular weight excluding hydrogens is 210 g/mol. The summed E-state index contributed by atoms with van der Waals surface area (Å²) in [5.41, 5.74) is 2.76. The zero-order valence-corrected chi connectivity index (χ0v) is 11.6. The highest BCUT2D eigenvalue weighted by Crippen LogP contribution is 2.31. The van der Waals surface area contributed by atoms with Crippen LogP contribution in [-0.4, -0.2) is 16.1 Å². The second-order valence-electron chi connectivity index (χ2n) is 5.41. The Morgan fingerprint density at radius 3 is 2.88 bits per heavy atom. The molecule has 1 atom stereocenters. The van der Waals surface area contributed by atoms with E-state index in [1.807, 2.05) is 0 Å². The molecule has 0 saturated heterocycles. The van der Waals surface area contributed by atoms with Gasteiger partial charge < -0.3 is 9.88 Å². The van der Waals surface area contributed by atoms with Crippen LogP contribution in [0.3, 0.4) is 0 Å². The van der Waals surface area contributed by atoms with Crippen LogP contribution in [0.4, 0.5) is 0 Å². The Morgan fingerprint density at radius 2 is 2.24 bits per heavy atom. The number of hydrogen-bond acceptors (Lipinski definition) is 2. The molecule has 0 aromatic carbocycles. The third-order valence-corrected chi connectivity index (χ3v) is 3.66. The summed E-state index contributed by atoms with van der Waals surface area (Å²) in [5, 5.41) is 3.41. The molecule has 0 aliphatic carbocycles. The standard InChI is InChI=1S/C14H25N3/c1-5-15-9-12-13-8-6-7-11(4)17(13)14(16-12)10(2)3/h10-11,15H,5-9H2,1-4H3. The Hall–Kier alpha value is -0.830. The average molecular weight is 235 g/mol. The van der Waals surface area contributed by atoms with Crippen LogP contribution in [0, 0.1) is 0 Å². The monoisotopic (exact) mass is 235 g/mol. The summed E-state index contributed by atoms with van der Waals surface area (Å²) in [5.74, 6) is 1.80. The van der Waals surface area contributed by atoms with E-state index in [-0.39, 0.29) is 0 Å². The van der Waals surface area contributed by atoms with Crippen molar-refractivity contribution in [2.45, 2.75) is 65.5 Å². The molecule has 0 amide bonds. The van der Waals surface area contributed by atoms with Crippen molar-refractivity contribution in [3.8, 4) is 0 Å². The van der Waals surface area contributed by atoms with Gasteiger partial charge in [-0.05, 0) is 32.7 Å². The predicted molar refractivity (Wildman–Crippen MR) is 71.3 cm³/mol. The lowest BCUT2D eigenvalue weighted by atomic mass is 10.0. The van der Waals surface area contributed by atoms with Crippen LogP contribution in [0.2, 0.25) is 0 Å². The SMILES string of the molecule is CCNCc1nc(C(C)C)n2c1CCCC2C. The number of hydrogen-bond donors (Lipinski definition) is 1. The summed E-state index contributed by atoms with van der Waals surface area (Å²) in [4.78, 5) is 4.88. The first kappa shape index (κ1) is 12.6. The number of rotatable bonds is 4. The number of nitrogens with one attached hydrogen (secondary N) is 1. The van der Waals surface area contributed by atoms with E-state index in [1.54, 1.807) is 0 Å². The largest absolute Gasteiger partial charge is 0.329 e. The fraction of sp³-hybridized carbons (Fsp3) is 0.786. The second-order valence-corrected chi connectivity index (χ2v) is 5.41. The first-order valence-electron chi connectivity index (χ1n) is 6.95. The lowest BCUT2D eigenvalue weighted by Crippen LogP contribution is -2.19. The van der Waals surface area contributed by atoms with Crippen molar-refractivity contribution in [3.63, 3.8) is 0 Å². The highest BCUT2D eigenvalue weighted by molar-refractivity contribution is 5.22. The molecule has 3 heteroatoms. The molecule has 0 fully saturated rings. The molecule has 1 aromatic rings. The molecule has 96 valence electrons. The first-order chi connectivity index (χ1) is 8.15. The summed E-state index contributed by atoms with van der Waals surface area (Å²) in [6, 6.07) is 0.624. The highest BCUT2D eigenvalue weighted by atomic mass is 15.1. The molecule has 3 nitrogen and oxygen atoms in total. The van der Waals surface area contributed by atoms with Crippen LogP contribution in [0.15, 0.2) is 0 Å². The topological polar surface area (TPSA) is 29.9 Å². The van der Waals surface area contributed by atoms with Crippen molar-refractivity contribution in [1.82, 2.24) is 14.9 Å². The summed E-state index contributed by atoms with van der Waals surface area (Å²) in [6.07, 6.45) is 3.80. The van der Waals surface area contributed by atoms with Gasteiger partial charge in [-0.25, -0.2) is 4.98 Å². The normalized spacial score (nSPS) is 19.7. The minimum Gasteiger partial charge on any atom is -0.329 e. The molecule has 1 aliphatic heterocycles. The number of nitrogens with zero attached hydrogens (tertiary/aromatic N) is 2. The summed E-state index contributed by atoms with van der Waals surface area (Å²) in [6.45, 7) is 10.9. The summed E-state index contributed by atoms with van der Waals surface area (Å²) < 4.78 is 2.50. The number of fused-ring (bicyclic) bond motifs is 1. The van der Waals surface area contributed by atoms with E-state index in [2.05, 4.69) is 37.6 Å². The van der Waals surface area contributed by atoms with Crippen LogP contribution in [0.5, 0.6) is 0 Å². The van der Waals surface area contributed by atoms with Crippen LogP contribution in [0.1, 0.15) is 69.7 Å². The van der Waals surface area contributed by atoms with Crippen LogP contribution in [0.25, 0.3) is 0 Å². The van der Waals surface area contributed by atoms with Gasteiger partial charge in [-0.2, -0.15) is 0 Å². The van der Waals surface area contributed by atoms with Crippen LogP contribution < -0.4 is 5.32 Å². The van der Waals surface area contributed by atoms with Gasteiger partial charge in [0.05, 0.1) is 5.69 Å². The van der Waals surface area contributed by atoms with Crippen molar-refractivity contribution in [2.75, 3.05) is 6.54 Å². The molecule has 1 N–H and O–H groups in total. The van der Waals surface area contributed by atoms with Gasteiger partial charge in [0, 0.05) is 24.2 Å². The Bertz CT molecular complexity index is 379. The molecule has 1 aliphatic rings. The lowest BCUT2D eigenvalue weighted by molar-refractivity contribution is 0.411. The Labute approximate surface area is 105 Å². The van der Waals surface area contributed by atoms with E-state index in [4.69, 9.17) is 4.98 Å². The Balaban J connectivity index is 2.38. The van der Waals surface area contributed by atoms with Crippen molar-refractivity contribution < 1.29 is 0 Å².